The van der Waals surface area contributed by atoms with E-state index in [0.29, 0.717) is 16.8 Å². The maximum absolute atomic E-state index is 12.3. The van der Waals surface area contributed by atoms with Gasteiger partial charge in [-0.05, 0) is 48.5 Å². The van der Waals surface area contributed by atoms with Crippen molar-refractivity contribution < 1.29 is 9.59 Å². The van der Waals surface area contributed by atoms with Gasteiger partial charge in [-0.1, -0.05) is 0 Å². The fourth-order valence-electron chi connectivity index (χ4n) is 2.26. The molecule has 0 spiro atoms. The van der Waals surface area contributed by atoms with Gasteiger partial charge in [0.2, 0.25) is 0 Å². The molecule has 0 bridgehead atoms. The molecule has 0 fully saturated rings. The van der Waals surface area contributed by atoms with Gasteiger partial charge in [0, 0.05) is 36.6 Å². The quantitative estimate of drug-likeness (QED) is 0.734. The van der Waals surface area contributed by atoms with Gasteiger partial charge in [-0.25, -0.2) is 4.68 Å². The van der Waals surface area contributed by atoms with Gasteiger partial charge in [0.1, 0.15) is 12.7 Å². The van der Waals surface area contributed by atoms with Crippen LogP contribution in [-0.4, -0.2) is 40.8 Å². The molecule has 8 heteroatoms. The number of nitrogens with zero attached hydrogens (tertiary/aromatic N) is 4. The van der Waals surface area contributed by atoms with Crippen molar-refractivity contribution in [1.82, 2.24) is 14.9 Å². The van der Waals surface area contributed by atoms with Gasteiger partial charge >= 0.3 is 0 Å². The molecule has 3 aromatic rings. The number of benzene rings is 2. The molecule has 0 saturated heterocycles. The van der Waals surface area contributed by atoms with Gasteiger partial charge in [-0.15, -0.1) is 10.2 Å². The molecule has 0 radical (unpaired) electrons. The van der Waals surface area contributed by atoms with E-state index in [4.69, 9.17) is 0 Å². The summed E-state index contributed by atoms with van der Waals surface area (Å²) in [5.74, 6) is -0.515. The van der Waals surface area contributed by atoms with Gasteiger partial charge in [0.25, 0.3) is 11.8 Å². The fraction of sp³-hybridized carbons (Fsp3) is 0.111. The maximum Gasteiger partial charge on any atom is 0.270 e. The lowest BCUT2D eigenvalue weighted by atomic mass is 10.1. The monoisotopic (exact) mass is 350 g/mol. The van der Waals surface area contributed by atoms with E-state index in [-0.39, 0.29) is 11.8 Å². The molecular formula is C18H18N6O2. The highest BCUT2D eigenvalue weighted by atomic mass is 16.2. The predicted octanol–water partition coefficient (Wildman–Crippen LogP) is 1.98. The van der Waals surface area contributed by atoms with Crippen LogP contribution in [0.4, 0.5) is 11.4 Å². The van der Waals surface area contributed by atoms with Crippen LogP contribution in [0.3, 0.4) is 0 Å². The number of anilines is 2. The van der Waals surface area contributed by atoms with Crippen LogP contribution in [0.25, 0.3) is 0 Å². The normalized spacial score (nSPS) is 10.2. The Balaban J connectivity index is 1.63. The van der Waals surface area contributed by atoms with Gasteiger partial charge in [-0.2, -0.15) is 0 Å². The number of aromatic nitrogens is 3. The molecule has 26 heavy (non-hydrogen) atoms. The Labute approximate surface area is 150 Å². The summed E-state index contributed by atoms with van der Waals surface area (Å²) < 4.78 is 1.36. The largest absolute Gasteiger partial charge is 0.378 e. The zero-order valence-electron chi connectivity index (χ0n) is 14.4. The molecule has 132 valence electrons. The molecule has 8 nitrogen and oxygen atoms in total. The van der Waals surface area contributed by atoms with Crippen molar-refractivity contribution in [2.75, 3.05) is 29.7 Å². The minimum atomic E-state index is -0.304. The molecule has 2 N–H and O–H groups in total. The first-order valence-electron chi connectivity index (χ1n) is 7.88. The Morgan fingerprint density at radius 2 is 1.38 bits per heavy atom. The van der Waals surface area contributed by atoms with Gasteiger partial charge < -0.3 is 10.2 Å². The van der Waals surface area contributed by atoms with E-state index in [9.17, 15) is 9.59 Å². The number of nitrogens with one attached hydrogen (secondary N) is 2. The molecule has 0 aliphatic heterocycles. The SMILES string of the molecule is CN(C)c1ccc(C(=O)Nc2ccc(C(=O)Nn3cnnc3)cc2)cc1. The Hall–Kier alpha value is -3.68. The highest BCUT2D eigenvalue weighted by molar-refractivity contribution is 6.05. The topological polar surface area (TPSA) is 92.2 Å². The second-order valence-electron chi connectivity index (χ2n) is 5.78. The van der Waals surface area contributed by atoms with Gasteiger partial charge in [0.15, 0.2) is 0 Å². The van der Waals surface area contributed by atoms with Crippen molar-refractivity contribution >= 4 is 23.2 Å². The van der Waals surface area contributed by atoms with E-state index in [2.05, 4.69) is 20.9 Å². The fourth-order valence-corrected chi connectivity index (χ4v) is 2.26. The molecule has 0 aliphatic rings. The first-order valence-corrected chi connectivity index (χ1v) is 7.88. The summed E-state index contributed by atoms with van der Waals surface area (Å²) in [6.07, 6.45) is 2.77. The van der Waals surface area contributed by atoms with Crippen LogP contribution < -0.4 is 15.6 Å². The molecule has 3 rings (SSSR count). The summed E-state index contributed by atoms with van der Waals surface area (Å²) in [6, 6.07) is 13.9. The van der Waals surface area contributed by atoms with E-state index in [1.54, 1.807) is 36.4 Å². The number of rotatable bonds is 5. The second-order valence-corrected chi connectivity index (χ2v) is 5.78. The summed E-state index contributed by atoms with van der Waals surface area (Å²) in [4.78, 5) is 26.3. The van der Waals surface area contributed by atoms with Crippen molar-refractivity contribution in [2.45, 2.75) is 0 Å². The van der Waals surface area contributed by atoms with Crippen LogP contribution in [-0.2, 0) is 0 Å². The third-order valence-electron chi connectivity index (χ3n) is 3.70. The molecule has 1 heterocycles. The van der Waals surface area contributed by atoms with E-state index < -0.39 is 0 Å². The lowest BCUT2D eigenvalue weighted by Crippen LogP contribution is -2.21. The van der Waals surface area contributed by atoms with Gasteiger partial charge in [0.05, 0.1) is 0 Å². The predicted molar refractivity (Wildman–Crippen MR) is 98.9 cm³/mol. The zero-order valence-corrected chi connectivity index (χ0v) is 14.4. The number of hydrogen-bond donors (Lipinski definition) is 2. The van der Waals surface area contributed by atoms with Crippen molar-refractivity contribution in [1.29, 1.82) is 0 Å². The molecule has 0 unspecified atom stereocenters. The van der Waals surface area contributed by atoms with Crippen molar-refractivity contribution in [2.24, 2.45) is 0 Å². The molecule has 0 saturated carbocycles. The van der Waals surface area contributed by atoms with E-state index in [1.165, 1.54) is 17.3 Å². The summed E-state index contributed by atoms with van der Waals surface area (Å²) in [7, 11) is 3.88. The Morgan fingerprint density at radius 1 is 0.846 bits per heavy atom. The minimum Gasteiger partial charge on any atom is -0.378 e. The summed E-state index contributed by atoms with van der Waals surface area (Å²) >= 11 is 0. The number of amides is 2. The zero-order chi connectivity index (χ0) is 18.5. The Bertz CT molecular complexity index is 886. The molecule has 1 aromatic heterocycles. The van der Waals surface area contributed by atoms with Crippen LogP contribution in [0.2, 0.25) is 0 Å². The van der Waals surface area contributed by atoms with E-state index >= 15 is 0 Å². The highest BCUT2D eigenvalue weighted by Crippen LogP contribution is 2.15. The van der Waals surface area contributed by atoms with E-state index in [1.807, 2.05) is 31.1 Å². The minimum absolute atomic E-state index is 0.211. The molecular weight excluding hydrogens is 332 g/mol. The van der Waals surface area contributed by atoms with E-state index in [0.717, 1.165) is 5.69 Å². The lowest BCUT2D eigenvalue weighted by molar-refractivity contribution is 0.100. The lowest BCUT2D eigenvalue weighted by Gasteiger charge is -2.12. The Morgan fingerprint density at radius 3 is 1.96 bits per heavy atom. The maximum atomic E-state index is 12.3. The van der Waals surface area contributed by atoms with Crippen molar-refractivity contribution in [3.8, 4) is 0 Å². The first-order chi connectivity index (χ1) is 12.5. The average molecular weight is 350 g/mol. The van der Waals surface area contributed by atoms with Gasteiger partial charge in [-0.3, -0.25) is 15.0 Å². The van der Waals surface area contributed by atoms with Crippen LogP contribution in [0.1, 0.15) is 20.7 Å². The molecule has 2 aromatic carbocycles. The average Bonchev–Trinajstić information content (AvgIpc) is 3.15. The standard InChI is InChI=1S/C18H18N6O2/c1-23(2)16-9-5-13(6-10-16)17(25)21-15-7-3-14(4-8-15)18(26)22-24-11-19-20-12-24/h3-12H,1-2H3,(H,21,25)(H,22,26). The number of carbonyl (C=O) groups is 2. The third kappa shape index (κ3) is 4.04. The third-order valence-corrected chi connectivity index (χ3v) is 3.70. The Kier molecular flexibility index (Phi) is 4.93. The molecule has 2 amide bonds. The highest BCUT2D eigenvalue weighted by Gasteiger charge is 2.09. The number of hydrogen-bond acceptors (Lipinski definition) is 5. The summed E-state index contributed by atoms with van der Waals surface area (Å²) in [5.41, 5.74) is 5.23. The number of carbonyl (C=O) groups excluding carboxylic acids is 2. The summed E-state index contributed by atoms with van der Waals surface area (Å²) in [6.45, 7) is 0. The van der Waals surface area contributed by atoms with Crippen molar-refractivity contribution in [3.05, 3.63) is 72.3 Å². The summed E-state index contributed by atoms with van der Waals surface area (Å²) in [5, 5.41) is 10.0. The first kappa shape index (κ1) is 17.2. The smallest absolute Gasteiger partial charge is 0.270 e. The molecule has 0 atom stereocenters. The second kappa shape index (κ2) is 7.47. The van der Waals surface area contributed by atoms with Crippen molar-refractivity contribution in [3.63, 3.8) is 0 Å². The van der Waals surface area contributed by atoms with Crippen LogP contribution in [0.5, 0.6) is 0 Å². The van der Waals surface area contributed by atoms with Crippen LogP contribution >= 0.6 is 0 Å². The van der Waals surface area contributed by atoms with Crippen LogP contribution in [0, 0.1) is 0 Å². The molecule has 0 aliphatic carbocycles. The van der Waals surface area contributed by atoms with Crippen LogP contribution in [0.15, 0.2) is 61.2 Å².